The smallest absolute Gasteiger partial charge is 0.337 e. The minimum atomic E-state index is -3.69. The molecule has 0 aliphatic carbocycles. The van der Waals surface area contributed by atoms with Crippen molar-refractivity contribution in [3.63, 3.8) is 0 Å². The Labute approximate surface area is 129 Å². The second kappa shape index (κ2) is 5.94. The Hall–Kier alpha value is -1.11. The average Bonchev–Trinajstić information content (AvgIpc) is 2.37. The van der Waals surface area contributed by atoms with Gasteiger partial charge in [0.15, 0.2) is 0 Å². The quantitative estimate of drug-likeness (QED) is 0.924. The number of halogens is 1. The molecule has 0 aromatic heterocycles. The number of carboxylic acids is 1. The third-order valence-electron chi connectivity index (χ3n) is 3.64. The molecule has 0 unspecified atom stereocenters. The maximum atomic E-state index is 12.7. The zero-order valence-corrected chi connectivity index (χ0v) is 13.5. The minimum absolute atomic E-state index is 0.0226. The van der Waals surface area contributed by atoms with Gasteiger partial charge in [-0.3, -0.25) is 0 Å². The molecule has 0 bridgehead atoms. The van der Waals surface area contributed by atoms with Crippen molar-refractivity contribution in [1.29, 1.82) is 0 Å². The first kappa shape index (κ1) is 16.3. The van der Waals surface area contributed by atoms with Crippen LogP contribution in [-0.4, -0.2) is 36.9 Å². The molecule has 21 heavy (non-hydrogen) atoms. The lowest BCUT2D eigenvalue weighted by Gasteiger charge is -2.34. The van der Waals surface area contributed by atoms with Gasteiger partial charge in [0.1, 0.15) is 0 Å². The zero-order chi connectivity index (χ0) is 15.8. The van der Waals surface area contributed by atoms with E-state index in [4.69, 9.17) is 16.7 Å². The fourth-order valence-electron chi connectivity index (χ4n) is 2.78. The van der Waals surface area contributed by atoms with E-state index < -0.39 is 16.0 Å². The number of hydrogen-bond acceptors (Lipinski definition) is 3. The predicted molar refractivity (Wildman–Crippen MR) is 80.1 cm³/mol. The summed E-state index contributed by atoms with van der Waals surface area (Å²) in [4.78, 5) is 11.1. The summed E-state index contributed by atoms with van der Waals surface area (Å²) in [5.41, 5.74) is -0.198. The highest BCUT2D eigenvalue weighted by molar-refractivity contribution is 7.89. The van der Waals surface area contributed by atoms with Crippen molar-refractivity contribution in [2.24, 2.45) is 11.8 Å². The fraction of sp³-hybridized carbons (Fsp3) is 0.500. The molecule has 2 rings (SSSR count). The van der Waals surface area contributed by atoms with Crippen LogP contribution in [-0.2, 0) is 10.0 Å². The Morgan fingerprint density at radius 1 is 1.29 bits per heavy atom. The number of rotatable bonds is 3. The van der Waals surface area contributed by atoms with E-state index in [1.807, 2.05) is 13.8 Å². The molecular formula is C14H18ClNO4S. The Balaban J connectivity index is 2.40. The summed E-state index contributed by atoms with van der Waals surface area (Å²) in [6.07, 6.45) is 0.993. The lowest BCUT2D eigenvalue weighted by molar-refractivity contribution is 0.0697. The zero-order valence-electron chi connectivity index (χ0n) is 11.9. The molecule has 1 fully saturated rings. The topological polar surface area (TPSA) is 74.7 Å². The van der Waals surface area contributed by atoms with Crippen molar-refractivity contribution in [2.45, 2.75) is 25.2 Å². The van der Waals surface area contributed by atoms with E-state index in [-0.39, 0.29) is 27.3 Å². The first-order valence-electron chi connectivity index (χ1n) is 6.74. The fourth-order valence-corrected chi connectivity index (χ4v) is 4.68. The van der Waals surface area contributed by atoms with Gasteiger partial charge in [0.25, 0.3) is 0 Å². The van der Waals surface area contributed by atoms with Gasteiger partial charge in [-0.2, -0.15) is 4.31 Å². The largest absolute Gasteiger partial charge is 0.478 e. The highest BCUT2D eigenvalue weighted by Gasteiger charge is 2.32. The van der Waals surface area contributed by atoms with E-state index >= 15 is 0 Å². The van der Waals surface area contributed by atoms with Gasteiger partial charge >= 0.3 is 5.97 Å². The monoisotopic (exact) mass is 331 g/mol. The molecule has 1 aromatic rings. The molecular weight excluding hydrogens is 314 g/mol. The second-order valence-electron chi connectivity index (χ2n) is 5.71. The van der Waals surface area contributed by atoms with Crippen LogP contribution in [0, 0.1) is 11.8 Å². The van der Waals surface area contributed by atoms with Crippen LogP contribution in [0.2, 0.25) is 5.02 Å². The number of hydrogen-bond donors (Lipinski definition) is 1. The molecule has 0 saturated carbocycles. The Kier molecular flexibility index (Phi) is 4.60. The minimum Gasteiger partial charge on any atom is -0.478 e. The summed E-state index contributed by atoms with van der Waals surface area (Å²) in [6.45, 7) is 4.95. The van der Waals surface area contributed by atoms with Crippen molar-refractivity contribution in [3.8, 4) is 0 Å². The second-order valence-corrected chi connectivity index (χ2v) is 8.06. The first-order valence-corrected chi connectivity index (χ1v) is 8.56. The van der Waals surface area contributed by atoms with E-state index in [0.717, 1.165) is 12.5 Å². The van der Waals surface area contributed by atoms with E-state index in [1.54, 1.807) is 0 Å². The number of carbonyl (C=O) groups is 1. The highest BCUT2D eigenvalue weighted by atomic mass is 35.5. The van der Waals surface area contributed by atoms with Crippen LogP contribution in [0.15, 0.2) is 23.1 Å². The van der Waals surface area contributed by atoms with Gasteiger partial charge in [0.2, 0.25) is 10.0 Å². The SMILES string of the molecule is C[C@@H]1C[C@H](C)CN(S(=O)(=O)c2ccc(Cl)c(C(=O)O)c2)C1. The van der Waals surface area contributed by atoms with Crippen LogP contribution in [0.5, 0.6) is 0 Å². The maximum Gasteiger partial charge on any atom is 0.337 e. The van der Waals surface area contributed by atoms with E-state index in [2.05, 4.69) is 0 Å². The lowest BCUT2D eigenvalue weighted by atomic mass is 9.94. The molecule has 0 amide bonds. The number of sulfonamides is 1. The van der Waals surface area contributed by atoms with Crippen LogP contribution in [0.1, 0.15) is 30.6 Å². The third-order valence-corrected chi connectivity index (χ3v) is 5.80. The summed E-state index contributed by atoms with van der Waals surface area (Å²) >= 11 is 5.78. The Bertz CT molecular complexity index is 649. The van der Waals surface area contributed by atoms with Gasteiger partial charge in [-0.15, -0.1) is 0 Å². The van der Waals surface area contributed by atoms with E-state index in [9.17, 15) is 13.2 Å². The van der Waals surface area contributed by atoms with Gasteiger partial charge in [-0.05, 0) is 36.5 Å². The predicted octanol–water partition coefficient (Wildman–Crippen LogP) is 2.70. The van der Waals surface area contributed by atoms with Gasteiger partial charge in [-0.1, -0.05) is 25.4 Å². The van der Waals surface area contributed by atoms with Crippen molar-refractivity contribution in [3.05, 3.63) is 28.8 Å². The summed E-state index contributed by atoms with van der Waals surface area (Å²) in [5, 5.41) is 9.09. The maximum absolute atomic E-state index is 12.7. The number of aromatic carboxylic acids is 1. The molecule has 1 N–H and O–H groups in total. The molecule has 1 heterocycles. The molecule has 2 atom stereocenters. The van der Waals surface area contributed by atoms with Crippen LogP contribution in [0.3, 0.4) is 0 Å². The summed E-state index contributed by atoms with van der Waals surface area (Å²) in [7, 11) is -3.69. The average molecular weight is 332 g/mol. The molecule has 1 aliphatic rings. The summed E-state index contributed by atoms with van der Waals surface area (Å²) in [5.74, 6) is -0.665. The Morgan fingerprint density at radius 2 is 1.86 bits per heavy atom. The molecule has 0 radical (unpaired) electrons. The Morgan fingerprint density at radius 3 is 2.38 bits per heavy atom. The van der Waals surface area contributed by atoms with E-state index in [1.165, 1.54) is 16.4 Å². The number of carboxylic acid groups (broad SMARTS) is 1. The number of nitrogens with zero attached hydrogens (tertiary/aromatic N) is 1. The van der Waals surface area contributed by atoms with Crippen molar-refractivity contribution in [2.75, 3.05) is 13.1 Å². The number of piperidine rings is 1. The molecule has 116 valence electrons. The van der Waals surface area contributed by atoms with Crippen LogP contribution in [0.4, 0.5) is 0 Å². The van der Waals surface area contributed by atoms with Crippen molar-refractivity contribution < 1.29 is 18.3 Å². The molecule has 1 aliphatic heterocycles. The van der Waals surface area contributed by atoms with Gasteiger partial charge in [-0.25, -0.2) is 13.2 Å². The van der Waals surface area contributed by atoms with Gasteiger partial charge < -0.3 is 5.11 Å². The lowest BCUT2D eigenvalue weighted by Crippen LogP contribution is -2.42. The van der Waals surface area contributed by atoms with Crippen molar-refractivity contribution in [1.82, 2.24) is 4.31 Å². The van der Waals surface area contributed by atoms with Crippen molar-refractivity contribution >= 4 is 27.6 Å². The first-order chi connectivity index (χ1) is 9.71. The molecule has 7 heteroatoms. The van der Waals surface area contributed by atoms with Crippen LogP contribution >= 0.6 is 11.6 Å². The third kappa shape index (κ3) is 3.39. The standard InChI is InChI=1S/C14H18ClNO4S/c1-9-5-10(2)8-16(7-9)21(19,20)11-3-4-13(15)12(6-11)14(17)18/h3-4,6,9-10H,5,7-8H2,1-2H3,(H,17,18)/t9-,10+. The summed E-state index contributed by atoms with van der Waals surface area (Å²) < 4.78 is 26.7. The van der Waals surface area contributed by atoms with Gasteiger partial charge in [0.05, 0.1) is 15.5 Å². The molecule has 1 saturated heterocycles. The highest BCUT2D eigenvalue weighted by Crippen LogP contribution is 2.28. The van der Waals surface area contributed by atoms with Crippen LogP contribution < -0.4 is 0 Å². The normalized spacial score (nSPS) is 24.0. The van der Waals surface area contributed by atoms with Gasteiger partial charge in [0, 0.05) is 13.1 Å². The molecule has 1 aromatic carbocycles. The van der Waals surface area contributed by atoms with Crippen LogP contribution in [0.25, 0.3) is 0 Å². The number of benzene rings is 1. The van der Waals surface area contributed by atoms with E-state index in [0.29, 0.717) is 13.1 Å². The molecule has 0 spiro atoms. The summed E-state index contributed by atoms with van der Waals surface area (Å²) in [6, 6.07) is 3.80. The molecule has 5 nitrogen and oxygen atoms in total.